The predicted molar refractivity (Wildman–Crippen MR) is 181 cm³/mol. The molecule has 0 saturated heterocycles. The van der Waals surface area contributed by atoms with Gasteiger partial charge in [-0.15, -0.1) is 11.8 Å². The molecule has 0 bridgehead atoms. The van der Waals surface area contributed by atoms with Gasteiger partial charge in [-0.3, -0.25) is 14.4 Å². The second-order valence-electron chi connectivity index (χ2n) is 10.2. The largest absolute Gasteiger partial charge is 0.493 e. The maximum absolute atomic E-state index is 13.6. The first-order chi connectivity index (χ1) is 22.8. The van der Waals surface area contributed by atoms with E-state index in [-0.39, 0.29) is 11.6 Å². The zero-order chi connectivity index (χ0) is 33.2. The van der Waals surface area contributed by atoms with Gasteiger partial charge >= 0.3 is 0 Å². The molecule has 5 rings (SSSR count). The number of rotatable bonds is 12. The van der Waals surface area contributed by atoms with Crippen LogP contribution in [0.5, 0.6) is 11.5 Å². The Hall–Kier alpha value is -5.81. The van der Waals surface area contributed by atoms with Gasteiger partial charge in [0, 0.05) is 22.2 Å². The molecule has 47 heavy (non-hydrogen) atoms. The Bertz CT molecular complexity index is 1880. The molecule has 1 unspecified atom stereocenters. The number of nitrogens with zero attached hydrogens (tertiary/aromatic N) is 1. The van der Waals surface area contributed by atoms with E-state index < -0.39 is 17.1 Å². The highest BCUT2D eigenvalue weighted by atomic mass is 32.2. The van der Waals surface area contributed by atoms with E-state index in [2.05, 4.69) is 21.1 Å². The maximum Gasteiger partial charge on any atom is 0.272 e. The van der Waals surface area contributed by atoms with Crippen LogP contribution in [-0.4, -0.2) is 37.1 Å². The zero-order valence-electron chi connectivity index (χ0n) is 25.9. The first-order valence-electron chi connectivity index (χ1n) is 14.5. The van der Waals surface area contributed by atoms with Gasteiger partial charge in [0.05, 0.1) is 14.2 Å². The lowest BCUT2D eigenvalue weighted by Gasteiger charge is -2.16. The molecule has 0 aliphatic heterocycles. The van der Waals surface area contributed by atoms with Crippen molar-refractivity contribution in [2.75, 3.05) is 24.9 Å². The normalized spacial score (nSPS) is 11.7. The van der Waals surface area contributed by atoms with Crippen molar-refractivity contribution in [2.24, 2.45) is 0 Å². The summed E-state index contributed by atoms with van der Waals surface area (Å²) in [6.07, 6.45) is 1.56. The lowest BCUT2D eigenvalue weighted by Crippen LogP contribution is -2.30. The Labute approximate surface area is 276 Å². The number of thioether (sulfide) groups is 1. The fraction of sp³-hybridized carbons (Fsp3) is 0.111. The van der Waals surface area contributed by atoms with Gasteiger partial charge in [-0.2, -0.15) is 0 Å². The van der Waals surface area contributed by atoms with Crippen LogP contribution in [0.3, 0.4) is 0 Å². The minimum atomic E-state index is -0.585. The van der Waals surface area contributed by atoms with Crippen LogP contribution in [0.15, 0.2) is 124 Å². The van der Waals surface area contributed by atoms with Gasteiger partial charge in [0.1, 0.15) is 16.7 Å². The predicted octanol–water partition coefficient (Wildman–Crippen LogP) is 6.88. The highest BCUT2D eigenvalue weighted by Gasteiger charge is 2.23. The van der Waals surface area contributed by atoms with E-state index in [0.29, 0.717) is 39.9 Å². The standard InChI is InChI=1S/C36H32N4O6S/c1-23-20-32(40-46-23)39-36(43)33(25-10-6-4-7-11-25)47-28-17-15-27(16-18-28)37-35(42)29(38-34(41)26-12-8-5-9-13-26)21-24-14-19-30(44-2)31(22-24)45-3/h4-22,33H,1-3H3,(H,37,42)(H,38,41)(H,39,40,43)/b29-21-. The average Bonchev–Trinajstić information content (AvgIpc) is 3.51. The number of aromatic nitrogens is 1. The van der Waals surface area contributed by atoms with Crippen LogP contribution < -0.4 is 25.4 Å². The number of hydrogen-bond donors (Lipinski definition) is 3. The van der Waals surface area contributed by atoms with Crippen molar-refractivity contribution in [3.05, 3.63) is 137 Å². The van der Waals surface area contributed by atoms with Gasteiger partial charge in [0.15, 0.2) is 17.3 Å². The first-order valence-corrected chi connectivity index (χ1v) is 15.4. The van der Waals surface area contributed by atoms with E-state index >= 15 is 0 Å². The molecule has 0 aliphatic rings. The van der Waals surface area contributed by atoms with Crippen LogP contribution >= 0.6 is 11.8 Å². The van der Waals surface area contributed by atoms with Crippen LogP contribution in [0.1, 0.15) is 32.5 Å². The Balaban J connectivity index is 1.35. The molecule has 238 valence electrons. The van der Waals surface area contributed by atoms with Crippen molar-refractivity contribution in [3.63, 3.8) is 0 Å². The summed E-state index contributed by atoms with van der Waals surface area (Å²) in [4.78, 5) is 40.7. The van der Waals surface area contributed by atoms with Crippen LogP contribution in [0.4, 0.5) is 11.5 Å². The van der Waals surface area contributed by atoms with Crippen LogP contribution in [0.2, 0.25) is 0 Å². The SMILES string of the molecule is COc1ccc(/C=C(\NC(=O)c2ccccc2)C(=O)Nc2ccc(SC(C(=O)Nc3cc(C)on3)c3ccccc3)cc2)cc1OC. The number of aryl methyl sites for hydroxylation is 1. The quantitative estimate of drug-likeness (QED) is 0.0986. The molecular formula is C36H32N4O6S. The average molecular weight is 649 g/mol. The molecular weight excluding hydrogens is 616 g/mol. The van der Waals surface area contributed by atoms with Crippen molar-refractivity contribution in [3.8, 4) is 11.5 Å². The number of carbonyl (C=O) groups excluding carboxylic acids is 3. The van der Waals surface area contributed by atoms with Crippen molar-refractivity contribution >= 4 is 47.1 Å². The Morgan fingerprint density at radius 1 is 0.809 bits per heavy atom. The number of anilines is 2. The number of amides is 3. The smallest absolute Gasteiger partial charge is 0.272 e. The van der Waals surface area contributed by atoms with Crippen molar-refractivity contribution in [1.29, 1.82) is 0 Å². The Morgan fingerprint density at radius 2 is 1.49 bits per heavy atom. The van der Waals surface area contributed by atoms with Gasteiger partial charge in [0.2, 0.25) is 5.91 Å². The van der Waals surface area contributed by atoms with E-state index in [1.165, 1.54) is 26.0 Å². The number of benzene rings is 4. The minimum absolute atomic E-state index is 0.0217. The summed E-state index contributed by atoms with van der Waals surface area (Å²) in [5.74, 6) is 0.695. The highest BCUT2D eigenvalue weighted by Crippen LogP contribution is 2.37. The van der Waals surface area contributed by atoms with Crippen LogP contribution in [0.25, 0.3) is 6.08 Å². The second kappa shape index (κ2) is 15.5. The summed E-state index contributed by atoms with van der Waals surface area (Å²) >= 11 is 1.35. The third kappa shape index (κ3) is 8.68. The lowest BCUT2D eigenvalue weighted by molar-refractivity contribution is -0.116. The monoisotopic (exact) mass is 648 g/mol. The molecule has 11 heteroatoms. The molecule has 1 atom stereocenters. The van der Waals surface area contributed by atoms with Crippen LogP contribution in [-0.2, 0) is 9.59 Å². The summed E-state index contributed by atoms with van der Waals surface area (Å²) in [7, 11) is 3.05. The molecule has 10 nitrogen and oxygen atoms in total. The molecule has 0 spiro atoms. The number of hydrogen-bond acceptors (Lipinski definition) is 8. The fourth-order valence-electron chi connectivity index (χ4n) is 4.52. The van der Waals surface area contributed by atoms with Gasteiger partial charge in [-0.25, -0.2) is 0 Å². The molecule has 1 aromatic heterocycles. The number of methoxy groups -OCH3 is 2. The Morgan fingerprint density at radius 3 is 2.13 bits per heavy atom. The van der Waals surface area contributed by atoms with Gasteiger partial charge in [-0.1, -0.05) is 59.8 Å². The number of carbonyl (C=O) groups is 3. The fourth-order valence-corrected chi connectivity index (χ4v) is 5.55. The summed E-state index contributed by atoms with van der Waals surface area (Å²) in [5.41, 5.74) is 2.33. The molecule has 4 aromatic carbocycles. The van der Waals surface area contributed by atoms with E-state index in [4.69, 9.17) is 14.0 Å². The second-order valence-corrected chi connectivity index (χ2v) is 11.4. The molecule has 1 heterocycles. The lowest BCUT2D eigenvalue weighted by atomic mass is 10.1. The third-order valence-electron chi connectivity index (χ3n) is 6.83. The number of ether oxygens (including phenoxy) is 2. The van der Waals surface area contributed by atoms with Gasteiger partial charge in [0.25, 0.3) is 11.8 Å². The summed E-state index contributed by atoms with van der Waals surface area (Å²) in [5, 5.41) is 11.7. The molecule has 5 aromatic rings. The molecule has 0 fully saturated rings. The zero-order valence-corrected chi connectivity index (χ0v) is 26.7. The van der Waals surface area contributed by atoms with E-state index in [1.54, 1.807) is 79.7 Å². The molecule has 3 amide bonds. The van der Waals surface area contributed by atoms with Gasteiger partial charge < -0.3 is 29.9 Å². The molecule has 3 N–H and O–H groups in total. The first kappa shape index (κ1) is 32.6. The van der Waals surface area contributed by atoms with Crippen molar-refractivity contribution < 1.29 is 28.4 Å². The third-order valence-corrected chi connectivity index (χ3v) is 8.10. The van der Waals surface area contributed by atoms with Gasteiger partial charge in [-0.05, 0) is 72.7 Å². The molecule has 0 radical (unpaired) electrons. The van der Waals surface area contributed by atoms with Crippen LogP contribution in [0, 0.1) is 6.92 Å². The summed E-state index contributed by atoms with van der Waals surface area (Å²) in [6, 6.07) is 31.9. The van der Waals surface area contributed by atoms with E-state index in [1.807, 2.05) is 42.5 Å². The van der Waals surface area contributed by atoms with Crippen molar-refractivity contribution in [2.45, 2.75) is 17.1 Å². The maximum atomic E-state index is 13.6. The molecule has 0 aliphatic carbocycles. The topological polar surface area (TPSA) is 132 Å². The van der Waals surface area contributed by atoms with E-state index in [0.717, 1.165) is 10.5 Å². The van der Waals surface area contributed by atoms with Crippen molar-refractivity contribution in [1.82, 2.24) is 10.5 Å². The summed E-state index contributed by atoms with van der Waals surface area (Å²) < 4.78 is 15.8. The van der Waals surface area contributed by atoms with E-state index in [9.17, 15) is 14.4 Å². The minimum Gasteiger partial charge on any atom is -0.493 e. The Kier molecular flexibility index (Phi) is 10.7. The highest BCUT2D eigenvalue weighted by molar-refractivity contribution is 8.00. The number of nitrogens with one attached hydrogen (secondary N) is 3. The summed E-state index contributed by atoms with van der Waals surface area (Å²) in [6.45, 7) is 1.75. The molecule has 0 saturated carbocycles.